The molecule has 1 nitrogen and oxygen atoms in total. The fourth-order valence-electron chi connectivity index (χ4n) is 1.73. The van der Waals surface area contributed by atoms with E-state index in [0.717, 1.165) is 11.8 Å². The zero-order chi connectivity index (χ0) is 9.84. The van der Waals surface area contributed by atoms with Crippen LogP contribution in [-0.2, 0) is 0 Å². The molecule has 0 aliphatic carbocycles. The van der Waals surface area contributed by atoms with Gasteiger partial charge in [-0.3, -0.25) is 0 Å². The van der Waals surface area contributed by atoms with Crippen LogP contribution in [0.4, 0.5) is 0 Å². The van der Waals surface area contributed by atoms with Crippen LogP contribution in [0.25, 0.3) is 0 Å². The molecule has 1 heterocycles. The molecule has 1 saturated heterocycles. The average Bonchev–Trinajstić information content (AvgIpc) is 2.07. The Hall–Kier alpha value is 0.440. The van der Waals surface area contributed by atoms with Gasteiger partial charge in [0.25, 0.3) is 0 Å². The lowest BCUT2D eigenvalue weighted by Crippen LogP contribution is -2.40. The summed E-state index contributed by atoms with van der Waals surface area (Å²) in [5.74, 6) is 1.70. The van der Waals surface area contributed by atoms with Gasteiger partial charge >= 0.3 is 0 Å². The third-order valence-electron chi connectivity index (χ3n) is 2.97. The van der Waals surface area contributed by atoms with Crippen molar-refractivity contribution in [1.82, 2.24) is 4.90 Å². The van der Waals surface area contributed by atoms with E-state index in [1.165, 1.54) is 32.5 Å². The van der Waals surface area contributed by atoms with Gasteiger partial charge in [-0.2, -0.15) is 0 Å². The largest absolute Gasteiger partial charge is 0.302 e. The lowest BCUT2D eigenvalue weighted by molar-refractivity contribution is 0.192. The highest BCUT2D eigenvalue weighted by molar-refractivity contribution is 9.09. The van der Waals surface area contributed by atoms with Gasteiger partial charge < -0.3 is 4.90 Å². The molecule has 2 unspecified atom stereocenters. The summed E-state index contributed by atoms with van der Waals surface area (Å²) in [5, 5.41) is 0. The maximum Gasteiger partial charge on any atom is 0.0299 e. The van der Waals surface area contributed by atoms with Crippen LogP contribution in [0.1, 0.15) is 33.6 Å². The van der Waals surface area contributed by atoms with E-state index in [0.29, 0.717) is 4.83 Å². The minimum absolute atomic E-state index is 0.716. The van der Waals surface area contributed by atoms with Crippen LogP contribution in [0.2, 0.25) is 0 Å². The van der Waals surface area contributed by atoms with Crippen LogP contribution in [0.5, 0.6) is 0 Å². The molecule has 78 valence electrons. The molecule has 0 aromatic rings. The first-order valence-corrected chi connectivity index (χ1v) is 6.37. The molecule has 0 radical (unpaired) electrons. The van der Waals surface area contributed by atoms with Gasteiger partial charge in [0.05, 0.1) is 0 Å². The fraction of sp³-hybridized carbons (Fsp3) is 1.00. The van der Waals surface area contributed by atoms with Crippen LogP contribution < -0.4 is 0 Å². The van der Waals surface area contributed by atoms with Gasteiger partial charge in [0.1, 0.15) is 0 Å². The second-order valence-corrected chi connectivity index (χ2v) is 5.94. The Morgan fingerprint density at radius 2 is 2.15 bits per heavy atom. The topological polar surface area (TPSA) is 3.24 Å². The fourth-order valence-corrected chi connectivity index (χ4v) is 2.40. The highest BCUT2D eigenvalue weighted by atomic mass is 79.9. The Bertz CT molecular complexity index is 147. The molecule has 0 saturated carbocycles. The molecule has 2 atom stereocenters. The highest BCUT2D eigenvalue weighted by Crippen LogP contribution is 2.23. The van der Waals surface area contributed by atoms with E-state index >= 15 is 0 Å². The second-order valence-electron chi connectivity index (χ2n) is 4.77. The third kappa shape index (κ3) is 3.99. The van der Waals surface area contributed by atoms with E-state index in [1.807, 2.05) is 0 Å². The first-order chi connectivity index (χ1) is 6.09. The zero-order valence-electron chi connectivity index (χ0n) is 9.09. The van der Waals surface area contributed by atoms with Crippen molar-refractivity contribution in [2.75, 3.05) is 19.6 Å². The molecule has 1 aliphatic rings. The monoisotopic (exact) mass is 247 g/mol. The van der Waals surface area contributed by atoms with Crippen molar-refractivity contribution in [3.05, 3.63) is 0 Å². The first kappa shape index (κ1) is 11.5. The Kier molecular flexibility index (Phi) is 4.74. The summed E-state index contributed by atoms with van der Waals surface area (Å²) in [6, 6.07) is 0. The lowest BCUT2D eigenvalue weighted by atomic mass is 9.98. The molecule has 0 spiro atoms. The summed E-state index contributed by atoms with van der Waals surface area (Å²) in [4.78, 5) is 3.31. The van der Waals surface area contributed by atoms with E-state index in [1.54, 1.807) is 0 Å². The smallest absolute Gasteiger partial charge is 0.0299 e. The Morgan fingerprint density at radius 1 is 1.46 bits per heavy atom. The summed E-state index contributed by atoms with van der Waals surface area (Å²) >= 11 is 3.76. The van der Waals surface area contributed by atoms with Crippen molar-refractivity contribution < 1.29 is 0 Å². The van der Waals surface area contributed by atoms with Gasteiger partial charge in [-0.05, 0) is 37.8 Å². The van der Waals surface area contributed by atoms with Gasteiger partial charge in [0.15, 0.2) is 0 Å². The van der Waals surface area contributed by atoms with Crippen LogP contribution >= 0.6 is 15.9 Å². The zero-order valence-corrected chi connectivity index (χ0v) is 10.7. The number of likely N-dealkylation sites (tertiary alicyclic amines) is 1. The Morgan fingerprint density at radius 3 is 2.69 bits per heavy atom. The molecule has 0 aromatic carbocycles. The van der Waals surface area contributed by atoms with E-state index in [9.17, 15) is 0 Å². The Labute approximate surface area is 91.0 Å². The second kappa shape index (κ2) is 5.35. The van der Waals surface area contributed by atoms with Crippen molar-refractivity contribution in [2.24, 2.45) is 11.8 Å². The summed E-state index contributed by atoms with van der Waals surface area (Å²) < 4.78 is 0. The van der Waals surface area contributed by atoms with E-state index < -0.39 is 0 Å². The van der Waals surface area contributed by atoms with Crippen LogP contribution in [0, 0.1) is 11.8 Å². The van der Waals surface area contributed by atoms with Crippen molar-refractivity contribution in [2.45, 2.75) is 38.4 Å². The van der Waals surface area contributed by atoms with Crippen molar-refractivity contribution >= 4 is 15.9 Å². The van der Waals surface area contributed by atoms with Gasteiger partial charge in [0.2, 0.25) is 0 Å². The molecule has 1 rings (SSSR count). The molecule has 13 heavy (non-hydrogen) atoms. The molecule has 0 aromatic heterocycles. The van der Waals surface area contributed by atoms with Crippen molar-refractivity contribution in [3.8, 4) is 0 Å². The lowest BCUT2D eigenvalue weighted by Gasteiger charge is -2.34. The minimum atomic E-state index is 0.716. The van der Waals surface area contributed by atoms with E-state index in [4.69, 9.17) is 0 Å². The van der Waals surface area contributed by atoms with Crippen LogP contribution in [-0.4, -0.2) is 29.4 Å². The van der Waals surface area contributed by atoms with Gasteiger partial charge in [0, 0.05) is 11.4 Å². The average molecular weight is 248 g/mol. The number of piperidine rings is 1. The summed E-state index contributed by atoms with van der Waals surface area (Å²) in [6.07, 6.45) is 2.70. The number of rotatable bonds is 3. The molecule has 0 amide bonds. The molecule has 1 aliphatic heterocycles. The standard InChI is InChI=1S/C11H22BrN/c1-9(2)4-6-13-7-5-10(3)11(12)8-13/h9-11H,4-8H2,1-3H3. The normalized spacial score (nSPS) is 31.2. The molecule has 0 bridgehead atoms. The predicted octanol–water partition coefficient (Wildman–Crippen LogP) is 3.14. The van der Waals surface area contributed by atoms with Crippen molar-refractivity contribution in [1.29, 1.82) is 0 Å². The van der Waals surface area contributed by atoms with Gasteiger partial charge in [-0.1, -0.05) is 36.7 Å². The molecule has 1 fully saturated rings. The van der Waals surface area contributed by atoms with Crippen molar-refractivity contribution in [3.63, 3.8) is 0 Å². The van der Waals surface area contributed by atoms with Gasteiger partial charge in [-0.25, -0.2) is 0 Å². The first-order valence-electron chi connectivity index (χ1n) is 5.46. The quantitative estimate of drug-likeness (QED) is 0.693. The molecule has 2 heteroatoms. The van der Waals surface area contributed by atoms with E-state index in [2.05, 4.69) is 41.6 Å². The molecular formula is C11H22BrN. The maximum absolute atomic E-state index is 3.76. The third-order valence-corrected chi connectivity index (χ3v) is 4.17. The SMILES string of the molecule is CC(C)CCN1CCC(C)C(Br)C1. The maximum atomic E-state index is 3.76. The number of hydrogen-bond acceptors (Lipinski definition) is 1. The van der Waals surface area contributed by atoms with E-state index in [-0.39, 0.29) is 0 Å². The number of nitrogens with zero attached hydrogens (tertiary/aromatic N) is 1. The van der Waals surface area contributed by atoms with Gasteiger partial charge in [-0.15, -0.1) is 0 Å². The molecular weight excluding hydrogens is 226 g/mol. The summed E-state index contributed by atoms with van der Waals surface area (Å²) in [7, 11) is 0. The van der Waals surface area contributed by atoms with Crippen LogP contribution in [0.15, 0.2) is 0 Å². The Balaban J connectivity index is 2.21. The van der Waals surface area contributed by atoms with Crippen LogP contribution in [0.3, 0.4) is 0 Å². The summed E-state index contributed by atoms with van der Waals surface area (Å²) in [5.41, 5.74) is 0. The molecule has 0 N–H and O–H groups in total. The summed E-state index contributed by atoms with van der Waals surface area (Å²) in [6.45, 7) is 10.8. The number of alkyl halides is 1. The minimum Gasteiger partial charge on any atom is -0.302 e. The number of hydrogen-bond donors (Lipinski definition) is 0. The highest BCUT2D eigenvalue weighted by Gasteiger charge is 2.23. The number of halogens is 1. The predicted molar refractivity (Wildman–Crippen MR) is 62.4 cm³/mol.